The van der Waals surface area contributed by atoms with E-state index >= 15 is 0 Å². The average molecular weight is 417 g/mol. The van der Waals surface area contributed by atoms with Gasteiger partial charge in [-0.2, -0.15) is 0 Å². The summed E-state index contributed by atoms with van der Waals surface area (Å²) in [6.07, 6.45) is 5.72. The van der Waals surface area contributed by atoms with Crippen LogP contribution in [-0.4, -0.2) is 11.2 Å². The van der Waals surface area contributed by atoms with Gasteiger partial charge in [0.2, 0.25) is 5.89 Å². The normalized spacial score (nSPS) is 11.8. The third kappa shape index (κ3) is 4.23. The number of aliphatic imine (C=N–C) groups is 1. The van der Waals surface area contributed by atoms with Crippen LogP contribution in [0.15, 0.2) is 86.7 Å². The lowest BCUT2D eigenvalue weighted by atomic mass is 10.1. The molecule has 0 saturated heterocycles. The van der Waals surface area contributed by atoms with Gasteiger partial charge in [0.05, 0.1) is 5.69 Å². The highest BCUT2D eigenvalue weighted by molar-refractivity contribution is 9.10. The van der Waals surface area contributed by atoms with E-state index in [0.29, 0.717) is 5.89 Å². The molecule has 0 aliphatic heterocycles. The van der Waals surface area contributed by atoms with Gasteiger partial charge in [0.15, 0.2) is 5.58 Å². The number of fused-ring (bicyclic) bond motifs is 1. The first-order valence-electron chi connectivity index (χ1n) is 8.61. The van der Waals surface area contributed by atoms with Gasteiger partial charge in [-0.3, -0.25) is 4.99 Å². The molecule has 0 aliphatic rings. The van der Waals surface area contributed by atoms with E-state index in [0.717, 1.165) is 32.4 Å². The fourth-order valence-electron chi connectivity index (χ4n) is 2.71. The number of aromatic nitrogens is 1. The van der Waals surface area contributed by atoms with Crippen LogP contribution in [0.2, 0.25) is 0 Å². The van der Waals surface area contributed by atoms with Crippen LogP contribution in [0.4, 0.5) is 5.69 Å². The minimum absolute atomic E-state index is 0.626. The second-order valence-electron chi connectivity index (χ2n) is 6.23. The van der Waals surface area contributed by atoms with Crippen LogP contribution in [0.25, 0.3) is 28.6 Å². The van der Waals surface area contributed by atoms with Gasteiger partial charge in [-0.15, -0.1) is 0 Å². The molecule has 0 N–H and O–H groups in total. The first-order valence-corrected chi connectivity index (χ1v) is 9.41. The number of hydrogen-bond acceptors (Lipinski definition) is 3. The Morgan fingerprint density at radius 2 is 1.85 bits per heavy atom. The lowest BCUT2D eigenvalue weighted by molar-refractivity contribution is 0.620. The number of allylic oxidation sites excluding steroid dienone is 1. The van der Waals surface area contributed by atoms with E-state index in [1.165, 1.54) is 5.56 Å². The molecule has 0 saturated carbocycles. The topological polar surface area (TPSA) is 38.4 Å². The molecule has 0 aliphatic carbocycles. The summed E-state index contributed by atoms with van der Waals surface area (Å²) >= 11 is 3.47. The lowest BCUT2D eigenvalue weighted by Gasteiger charge is -1.95. The number of aryl methyl sites for hydroxylation is 1. The fourth-order valence-corrected chi connectivity index (χ4v) is 3.13. The molecule has 0 unspecified atom stereocenters. The Kier molecular flexibility index (Phi) is 4.99. The van der Waals surface area contributed by atoms with Gasteiger partial charge in [-0.1, -0.05) is 51.8 Å². The summed E-state index contributed by atoms with van der Waals surface area (Å²) in [5.74, 6) is 0.626. The van der Waals surface area contributed by atoms with Crippen molar-refractivity contribution in [1.82, 2.24) is 4.98 Å². The van der Waals surface area contributed by atoms with Crippen LogP contribution in [0, 0.1) is 6.92 Å². The van der Waals surface area contributed by atoms with Crippen molar-refractivity contribution in [2.45, 2.75) is 6.92 Å². The molecule has 132 valence electrons. The third-order valence-electron chi connectivity index (χ3n) is 4.12. The van der Waals surface area contributed by atoms with Gasteiger partial charge in [-0.05, 0) is 61.0 Å². The quantitative estimate of drug-likeness (QED) is 0.336. The van der Waals surface area contributed by atoms with E-state index in [2.05, 4.69) is 51.0 Å². The Morgan fingerprint density at radius 3 is 2.67 bits per heavy atom. The number of hydrogen-bond donors (Lipinski definition) is 0. The van der Waals surface area contributed by atoms with Crippen LogP contribution < -0.4 is 0 Å². The average Bonchev–Trinajstić information content (AvgIpc) is 3.09. The molecule has 4 heteroatoms. The smallest absolute Gasteiger partial charge is 0.227 e. The lowest BCUT2D eigenvalue weighted by Crippen LogP contribution is -1.77. The predicted octanol–water partition coefficient (Wildman–Crippen LogP) is 6.98. The molecule has 0 radical (unpaired) electrons. The van der Waals surface area contributed by atoms with E-state index in [-0.39, 0.29) is 0 Å². The molecule has 27 heavy (non-hydrogen) atoms. The van der Waals surface area contributed by atoms with Crippen LogP contribution in [0.1, 0.15) is 11.1 Å². The Bertz CT molecular complexity index is 1140. The number of rotatable bonds is 4. The number of nitrogens with zero attached hydrogens (tertiary/aromatic N) is 2. The molecular formula is C23H17BrN2O. The maximum Gasteiger partial charge on any atom is 0.227 e. The molecular weight excluding hydrogens is 400 g/mol. The molecule has 0 spiro atoms. The zero-order valence-electron chi connectivity index (χ0n) is 14.8. The zero-order valence-corrected chi connectivity index (χ0v) is 16.3. The van der Waals surface area contributed by atoms with Gasteiger partial charge in [-0.25, -0.2) is 4.98 Å². The number of oxazole rings is 1. The Balaban J connectivity index is 1.53. The molecule has 0 amide bonds. The van der Waals surface area contributed by atoms with Crippen molar-refractivity contribution >= 4 is 45.0 Å². The summed E-state index contributed by atoms with van der Waals surface area (Å²) < 4.78 is 6.92. The SMILES string of the molecule is Cc1ccc(-c2nc3cc(N=C/C=C/c4cccc(Br)c4)ccc3o2)cc1. The minimum atomic E-state index is 0.626. The molecule has 3 aromatic carbocycles. The second-order valence-corrected chi connectivity index (χ2v) is 7.15. The molecule has 0 atom stereocenters. The second kappa shape index (κ2) is 7.72. The standard InChI is InChI=1S/C23H17BrN2O/c1-16-7-9-18(10-8-16)23-26-21-15-20(11-12-22(21)27-23)25-13-3-5-17-4-2-6-19(24)14-17/h2-15H,1H3/b5-3+,25-13?. The highest BCUT2D eigenvalue weighted by Gasteiger charge is 2.08. The molecule has 0 bridgehead atoms. The summed E-state index contributed by atoms with van der Waals surface area (Å²) in [6, 6.07) is 22.0. The molecule has 4 aromatic rings. The van der Waals surface area contributed by atoms with Crippen molar-refractivity contribution in [3.8, 4) is 11.5 Å². The molecule has 4 rings (SSSR count). The van der Waals surface area contributed by atoms with Crippen LogP contribution in [-0.2, 0) is 0 Å². The van der Waals surface area contributed by atoms with Gasteiger partial charge in [0, 0.05) is 16.3 Å². The van der Waals surface area contributed by atoms with Crippen molar-refractivity contribution in [3.05, 3.63) is 88.4 Å². The van der Waals surface area contributed by atoms with E-state index in [1.807, 2.05) is 60.7 Å². The van der Waals surface area contributed by atoms with Crippen LogP contribution in [0.3, 0.4) is 0 Å². The van der Waals surface area contributed by atoms with E-state index in [1.54, 1.807) is 6.21 Å². The van der Waals surface area contributed by atoms with Crippen LogP contribution in [0.5, 0.6) is 0 Å². The number of halogens is 1. The largest absolute Gasteiger partial charge is 0.436 e. The highest BCUT2D eigenvalue weighted by atomic mass is 79.9. The van der Waals surface area contributed by atoms with Gasteiger partial charge in [0.1, 0.15) is 5.52 Å². The van der Waals surface area contributed by atoms with Crippen molar-refractivity contribution in [2.24, 2.45) is 4.99 Å². The third-order valence-corrected chi connectivity index (χ3v) is 4.61. The molecule has 0 fully saturated rings. The monoisotopic (exact) mass is 416 g/mol. The Labute approximate surface area is 166 Å². The van der Waals surface area contributed by atoms with E-state index in [4.69, 9.17) is 4.42 Å². The Morgan fingerprint density at radius 1 is 1.00 bits per heavy atom. The summed E-state index contributed by atoms with van der Waals surface area (Å²) in [7, 11) is 0. The van der Waals surface area contributed by atoms with E-state index < -0.39 is 0 Å². The van der Waals surface area contributed by atoms with Crippen molar-refractivity contribution in [3.63, 3.8) is 0 Å². The molecule has 3 nitrogen and oxygen atoms in total. The summed E-state index contributed by atoms with van der Waals surface area (Å²) in [5.41, 5.74) is 5.70. The maximum atomic E-state index is 5.86. The highest BCUT2D eigenvalue weighted by Crippen LogP contribution is 2.27. The number of benzene rings is 3. The van der Waals surface area contributed by atoms with Crippen LogP contribution >= 0.6 is 15.9 Å². The first-order chi connectivity index (χ1) is 13.2. The van der Waals surface area contributed by atoms with Crippen molar-refractivity contribution < 1.29 is 4.42 Å². The van der Waals surface area contributed by atoms with Crippen molar-refractivity contribution in [1.29, 1.82) is 0 Å². The zero-order chi connectivity index (χ0) is 18.6. The molecule has 1 aromatic heterocycles. The van der Waals surface area contributed by atoms with Gasteiger partial charge in [0.25, 0.3) is 0 Å². The molecule has 1 heterocycles. The van der Waals surface area contributed by atoms with Gasteiger partial charge < -0.3 is 4.42 Å². The fraction of sp³-hybridized carbons (Fsp3) is 0.0435. The summed E-state index contributed by atoms with van der Waals surface area (Å²) in [6.45, 7) is 2.06. The van der Waals surface area contributed by atoms with E-state index in [9.17, 15) is 0 Å². The van der Waals surface area contributed by atoms with Crippen molar-refractivity contribution in [2.75, 3.05) is 0 Å². The van der Waals surface area contributed by atoms with Gasteiger partial charge >= 0.3 is 0 Å². The maximum absolute atomic E-state index is 5.86. The predicted molar refractivity (Wildman–Crippen MR) is 116 cm³/mol. The first kappa shape index (κ1) is 17.4. The minimum Gasteiger partial charge on any atom is -0.436 e. The summed E-state index contributed by atoms with van der Waals surface area (Å²) in [5, 5.41) is 0. The Hall–Kier alpha value is -2.98. The summed E-state index contributed by atoms with van der Waals surface area (Å²) in [4.78, 5) is 9.08.